The Labute approximate surface area is 133 Å². The van der Waals surface area contributed by atoms with E-state index < -0.39 is 0 Å². The first-order valence-corrected chi connectivity index (χ1v) is 7.42. The number of fused-ring (bicyclic) bond motifs is 3. The molecule has 0 saturated carbocycles. The monoisotopic (exact) mass is 304 g/mol. The van der Waals surface area contributed by atoms with Gasteiger partial charge >= 0.3 is 0 Å². The van der Waals surface area contributed by atoms with Gasteiger partial charge in [-0.2, -0.15) is 4.52 Å². The van der Waals surface area contributed by atoms with Gasteiger partial charge in [0.1, 0.15) is 0 Å². The summed E-state index contributed by atoms with van der Waals surface area (Å²) in [6.45, 7) is 4.12. The van der Waals surface area contributed by atoms with Crippen LogP contribution in [0.1, 0.15) is 11.1 Å². The maximum absolute atomic E-state index is 4.79. The first-order valence-electron chi connectivity index (χ1n) is 7.42. The summed E-state index contributed by atoms with van der Waals surface area (Å²) in [6, 6.07) is 14.4. The summed E-state index contributed by atoms with van der Waals surface area (Å²) in [5, 5.41) is 12.1. The SMILES string of the molecule is Cc1cccc(N(C)c2nc3ccc(C)cc3n3nnnc23)c1. The second kappa shape index (κ2) is 5.01. The standard InChI is InChI=1S/C17H16N6/c1-11-5-4-6-13(9-11)22(3)16-17-19-20-21-23(17)15-10-12(2)7-8-14(15)18-16/h4-10H,1-3H3. The average Bonchev–Trinajstić information content (AvgIpc) is 3.03. The highest BCUT2D eigenvalue weighted by molar-refractivity contribution is 5.84. The fourth-order valence-electron chi connectivity index (χ4n) is 2.73. The molecule has 6 heteroatoms. The summed E-state index contributed by atoms with van der Waals surface area (Å²) in [4.78, 5) is 6.80. The van der Waals surface area contributed by atoms with Gasteiger partial charge in [0.15, 0.2) is 5.82 Å². The lowest BCUT2D eigenvalue weighted by Crippen LogP contribution is -2.13. The van der Waals surface area contributed by atoms with E-state index in [1.807, 2.05) is 49.2 Å². The first-order chi connectivity index (χ1) is 11.1. The minimum absolute atomic E-state index is 0.645. The van der Waals surface area contributed by atoms with Gasteiger partial charge in [-0.1, -0.05) is 18.2 Å². The van der Waals surface area contributed by atoms with Crippen molar-refractivity contribution in [2.45, 2.75) is 13.8 Å². The van der Waals surface area contributed by atoms with Crippen molar-refractivity contribution in [3.8, 4) is 0 Å². The van der Waals surface area contributed by atoms with Gasteiger partial charge in [0.25, 0.3) is 0 Å². The van der Waals surface area contributed by atoms with Crippen LogP contribution in [0.25, 0.3) is 16.7 Å². The van der Waals surface area contributed by atoms with Crippen LogP contribution in [0.15, 0.2) is 42.5 Å². The van der Waals surface area contributed by atoms with Gasteiger partial charge in [0, 0.05) is 12.7 Å². The number of tetrazole rings is 1. The molecule has 2 heterocycles. The fourth-order valence-corrected chi connectivity index (χ4v) is 2.73. The molecule has 2 aromatic carbocycles. The number of hydrogen-bond acceptors (Lipinski definition) is 5. The molecule has 2 aromatic heterocycles. The zero-order chi connectivity index (χ0) is 16.0. The highest BCUT2D eigenvalue weighted by atomic mass is 15.5. The van der Waals surface area contributed by atoms with Crippen molar-refractivity contribution in [2.75, 3.05) is 11.9 Å². The molecule has 0 aliphatic rings. The van der Waals surface area contributed by atoms with Crippen LogP contribution in [-0.2, 0) is 0 Å². The number of benzene rings is 2. The third-order valence-electron chi connectivity index (χ3n) is 3.96. The smallest absolute Gasteiger partial charge is 0.222 e. The van der Waals surface area contributed by atoms with E-state index in [2.05, 4.69) is 34.6 Å². The van der Waals surface area contributed by atoms with Crippen molar-refractivity contribution in [1.29, 1.82) is 0 Å². The van der Waals surface area contributed by atoms with Crippen molar-refractivity contribution in [1.82, 2.24) is 25.0 Å². The van der Waals surface area contributed by atoms with Gasteiger partial charge in [0.2, 0.25) is 5.65 Å². The third kappa shape index (κ3) is 2.19. The summed E-state index contributed by atoms with van der Waals surface area (Å²) in [7, 11) is 1.98. The molecule has 0 aliphatic carbocycles. The van der Waals surface area contributed by atoms with E-state index in [-0.39, 0.29) is 0 Å². The molecule has 0 atom stereocenters. The van der Waals surface area contributed by atoms with E-state index >= 15 is 0 Å². The number of nitrogens with zero attached hydrogens (tertiary/aromatic N) is 6. The Morgan fingerprint density at radius 3 is 2.65 bits per heavy atom. The highest BCUT2D eigenvalue weighted by Gasteiger charge is 2.16. The fraction of sp³-hybridized carbons (Fsp3) is 0.176. The van der Waals surface area contributed by atoms with Crippen molar-refractivity contribution in [3.05, 3.63) is 53.6 Å². The van der Waals surface area contributed by atoms with Crippen LogP contribution in [0, 0.1) is 13.8 Å². The molecule has 114 valence electrons. The number of rotatable bonds is 2. The molecular weight excluding hydrogens is 288 g/mol. The van der Waals surface area contributed by atoms with Crippen LogP contribution in [0.3, 0.4) is 0 Å². The zero-order valence-electron chi connectivity index (χ0n) is 13.2. The number of hydrogen-bond donors (Lipinski definition) is 0. The normalized spacial score (nSPS) is 11.3. The Balaban J connectivity index is 1.98. The molecule has 0 unspecified atom stereocenters. The average molecular weight is 304 g/mol. The van der Waals surface area contributed by atoms with Gasteiger partial charge < -0.3 is 4.90 Å². The summed E-state index contributed by atoms with van der Waals surface area (Å²) in [5.74, 6) is 0.733. The Bertz CT molecular complexity index is 1020. The Morgan fingerprint density at radius 2 is 1.83 bits per heavy atom. The molecule has 0 N–H and O–H groups in total. The molecule has 0 aliphatic heterocycles. The largest absolute Gasteiger partial charge is 0.326 e. The van der Waals surface area contributed by atoms with E-state index in [0.717, 1.165) is 28.1 Å². The number of anilines is 2. The lowest BCUT2D eigenvalue weighted by Gasteiger charge is -2.19. The number of aryl methyl sites for hydroxylation is 2. The van der Waals surface area contributed by atoms with E-state index in [4.69, 9.17) is 4.98 Å². The van der Waals surface area contributed by atoms with Crippen LogP contribution in [0.5, 0.6) is 0 Å². The van der Waals surface area contributed by atoms with Crippen molar-refractivity contribution >= 4 is 28.2 Å². The predicted molar refractivity (Wildman–Crippen MR) is 90.1 cm³/mol. The van der Waals surface area contributed by atoms with Crippen LogP contribution in [0.4, 0.5) is 11.5 Å². The van der Waals surface area contributed by atoms with E-state index in [9.17, 15) is 0 Å². The maximum Gasteiger partial charge on any atom is 0.222 e. The Hall–Kier alpha value is -3.02. The molecule has 4 aromatic rings. The van der Waals surface area contributed by atoms with Crippen molar-refractivity contribution in [2.24, 2.45) is 0 Å². The highest BCUT2D eigenvalue weighted by Crippen LogP contribution is 2.28. The lowest BCUT2D eigenvalue weighted by atomic mass is 10.2. The molecular formula is C17H16N6. The molecule has 4 rings (SSSR count). The first kappa shape index (κ1) is 13.6. The van der Waals surface area contributed by atoms with Crippen LogP contribution < -0.4 is 4.90 Å². The van der Waals surface area contributed by atoms with Gasteiger partial charge in [-0.25, -0.2) is 4.98 Å². The van der Waals surface area contributed by atoms with E-state index in [0.29, 0.717) is 5.65 Å². The van der Waals surface area contributed by atoms with Crippen LogP contribution >= 0.6 is 0 Å². The topological polar surface area (TPSA) is 59.2 Å². The predicted octanol–water partition coefficient (Wildman–Crippen LogP) is 3.06. The van der Waals surface area contributed by atoms with Crippen LogP contribution in [0.2, 0.25) is 0 Å². The Morgan fingerprint density at radius 1 is 1.00 bits per heavy atom. The van der Waals surface area contributed by atoms with Gasteiger partial charge in [0.05, 0.1) is 11.0 Å². The molecule has 0 bridgehead atoms. The molecule has 0 fully saturated rings. The summed E-state index contributed by atoms with van der Waals surface area (Å²) < 4.78 is 1.75. The second-order valence-corrected chi connectivity index (χ2v) is 5.74. The molecule has 0 saturated heterocycles. The molecule has 23 heavy (non-hydrogen) atoms. The summed E-state index contributed by atoms with van der Waals surface area (Å²) >= 11 is 0. The quantitative estimate of drug-likeness (QED) is 0.569. The van der Waals surface area contributed by atoms with E-state index in [1.165, 1.54) is 5.56 Å². The minimum Gasteiger partial charge on any atom is -0.326 e. The number of aromatic nitrogens is 5. The maximum atomic E-state index is 4.79. The molecule has 6 nitrogen and oxygen atoms in total. The third-order valence-corrected chi connectivity index (χ3v) is 3.96. The summed E-state index contributed by atoms with van der Waals surface area (Å²) in [5.41, 5.74) is 5.81. The van der Waals surface area contributed by atoms with Crippen molar-refractivity contribution in [3.63, 3.8) is 0 Å². The van der Waals surface area contributed by atoms with Crippen molar-refractivity contribution < 1.29 is 0 Å². The van der Waals surface area contributed by atoms with Gasteiger partial charge in [-0.15, -0.1) is 5.10 Å². The Kier molecular flexibility index (Phi) is 2.97. The molecule has 0 radical (unpaired) electrons. The van der Waals surface area contributed by atoms with Crippen LogP contribution in [-0.4, -0.2) is 32.1 Å². The van der Waals surface area contributed by atoms with Gasteiger partial charge in [-0.05, 0) is 59.7 Å². The minimum atomic E-state index is 0.645. The zero-order valence-corrected chi connectivity index (χ0v) is 13.2. The molecule has 0 amide bonds. The lowest BCUT2D eigenvalue weighted by molar-refractivity contribution is 0.840. The summed E-state index contributed by atoms with van der Waals surface area (Å²) in [6.07, 6.45) is 0. The molecule has 0 spiro atoms. The van der Waals surface area contributed by atoms with E-state index in [1.54, 1.807) is 4.52 Å². The van der Waals surface area contributed by atoms with Gasteiger partial charge in [-0.3, -0.25) is 0 Å². The second-order valence-electron chi connectivity index (χ2n) is 5.74.